The van der Waals surface area contributed by atoms with Crippen molar-refractivity contribution in [2.45, 2.75) is 13.3 Å². The van der Waals surface area contributed by atoms with Crippen LogP contribution in [0.1, 0.15) is 12.6 Å². The molecule has 3 rings (SSSR count). The SMILES string of the molecule is CC(=O)Cc1cc(-c2cc(OS(=O)(=O)N(C)C)c3ccnn3c2)ccn1. The summed E-state index contributed by atoms with van der Waals surface area (Å²) >= 11 is 0. The second-order valence-corrected chi connectivity index (χ2v) is 7.74. The van der Waals surface area contributed by atoms with Crippen molar-refractivity contribution in [3.05, 3.63) is 48.5 Å². The molecule has 0 amide bonds. The van der Waals surface area contributed by atoms with Gasteiger partial charge in [-0.15, -0.1) is 0 Å². The Hall–Kier alpha value is -2.78. The molecule has 0 aliphatic heterocycles. The molecule has 3 aromatic rings. The first-order valence-corrected chi connectivity index (χ1v) is 9.17. The van der Waals surface area contributed by atoms with Crippen molar-refractivity contribution < 1.29 is 17.4 Å². The van der Waals surface area contributed by atoms with Crippen molar-refractivity contribution in [1.82, 2.24) is 18.9 Å². The van der Waals surface area contributed by atoms with Crippen LogP contribution >= 0.6 is 0 Å². The maximum atomic E-state index is 12.1. The molecule has 0 atom stereocenters. The highest BCUT2D eigenvalue weighted by Gasteiger charge is 2.19. The molecule has 0 aromatic carbocycles. The van der Waals surface area contributed by atoms with Crippen LogP contribution in [0.5, 0.6) is 5.75 Å². The third kappa shape index (κ3) is 3.73. The van der Waals surface area contributed by atoms with E-state index < -0.39 is 10.3 Å². The van der Waals surface area contributed by atoms with Crippen LogP contribution in [0.25, 0.3) is 16.6 Å². The van der Waals surface area contributed by atoms with Crippen molar-refractivity contribution in [2.24, 2.45) is 0 Å². The van der Waals surface area contributed by atoms with Crippen molar-refractivity contribution in [3.8, 4) is 16.9 Å². The van der Waals surface area contributed by atoms with Crippen LogP contribution in [0.15, 0.2) is 42.9 Å². The average molecular weight is 374 g/mol. The Labute approximate surface area is 151 Å². The van der Waals surface area contributed by atoms with Crippen LogP contribution in [0.3, 0.4) is 0 Å². The zero-order valence-corrected chi connectivity index (χ0v) is 15.4. The molecule has 0 bridgehead atoms. The number of pyridine rings is 2. The monoisotopic (exact) mass is 374 g/mol. The first kappa shape index (κ1) is 18.0. The number of fused-ring (bicyclic) bond motifs is 1. The third-order valence-electron chi connectivity index (χ3n) is 3.69. The molecule has 0 saturated carbocycles. The maximum Gasteiger partial charge on any atom is 0.384 e. The van der Waals surface area contributed by atoms with E-state index in [2.05, 4.69) is 10.1 Å². The molecule has 136 valence electrons. The van der Waals surface area contributed by atoms with Gasteiger partial charge in [-0.1, -0.05) is 0 Å². The number of ketones is 1. The minimum atomic E-state index is -3.91. The summed E-state index contributed by atoms with van der Waals surface area (Å²) in [4.78, 5) is 15.5. The van der Waals surface area contributed by atoms with E-state index in [-0.39, 0.29) is 18.0 Å². The molecule has 3 heterocycles. The molecule has 0 aliphatic carbocycles. The summed E-state index contributed by atoms with van der Waals surface area (Å²) < 4.78 is 32.0. The second kappa shape index (κ2) is 6.85. The van der Waals surface area contributed by atoms with Gasteiger partial charge >= 0.3 is 10.3 Å². The summed E-state index contributed by atoms with van der Waals surface area (Å²) in [6.45, 7) is 1.50. The summed E-state index contributed by atoms with van der Waals surface area (Å²) in [5, 5.41) is 4.17. The molecule has 0 fully saturated rings. The van der Waals surface area contributed by atoms with Gasteiger partial charge in [0.2, 0.25) is 0 Å². The first-order chi connectivity index (χ1) is 12.3. The highest BCUT2D eigenvalue weighted by molar-refractivity contribution is 7.84. The van der Waals surface area contributed by atoms with Gasteiger partial charge in [-0.25, -0.2) is 4.52 Å². The van der Waals surface area contributed by atoms with Crippen molar-refractivity contribution in [2.75, 3.05) is 14.1 Å². The number of hydrogen-bond acceptors (Lipinski definition) is 6. The van der Waals surface area contributed by atoms with Crippen molar-refractivity contribution >= 4 is 21.6 Å². The van der Waals surface area contributed by atoms with Gasteiger partial charge in [0.1, 0.15) is 11.3 Å². The molecule has 26 heavy (non-hydrogen) atoms. The highest BCUT2D eigenvalue weighted by Crippen LogP contribution is 2.29. The highest BCUT2D eigenvalue weighted by atomic mass is 32.2. The van der Waals surface area contributed by atoms with E-state index in [1.165, 1.54) is 21.0 Å². The summed E-state index contributed by atoms with van der Waals surface area (Å²) in [6, 6.07) is 6.86. The minimum Gasteiger partial charge on any atom is -0.368 e. The van der Waals surface area contributed by atoms with Gasteiger partial charge in [-0.2, -0.15) is 17.8 Å². The molecular weight excluding hydrogens is 356 g/mol. The Kier molecular flexibility index (Phi) is 4.75. The maximum absolute atomic E-state index is 12.1. The molecule has 3 aromatic heterocycles. The number of hydrogen-bond donors (Lipinski definition) is 0. The predicted molar refractivity (Wildman–Crippen MR) is 96.0 cm³/mol. The van der Waals surface area contributed by atoms with E-state index in [1.807, 2.05) is 0 Å². The molecule has 9 heteroatoms. The number of Topliss-reactive ketones (excluding diaryl/α,β-unsaturated/α-hetero) is 1. The Balaban J connectivity index is 2.09. The summed E-state index contributed by atoms with van der Waals surface area (Å²) in [5.41, 5.74) is 2.63. The lowest BCUT2D eigenvalue weighted by Crippen LogP contribution is -2.27. The van der Waals surface area contributed by atoms with E-state index >= 15 is 0 Å². The zero-order valence-electron chi connectivity index (χ0n) is 14.6. The van der Waals surface area contributed by atoms with E-state index in [9.17, 15) is 13.2 Å². The van der Waals surface area contributed by atoms with E-state index in [0.717, 1.165) is 9.87 Å². The number of rotatable bonds is 6. The molecule has 0 radical (unpaired) electrons. The molecule has 0 aliphatic rings. The van der Waals surface area contributed by atoms with E-state index in [1.54, 1.807) is 47.4 Å². The Morgan fingerprint density at radius 2 is 1.96 bits per heavy atom. The fraction of sp³-hybridized carbons (Fsp3) is 0.235. The second-order valence-electron chi connectivity index (χ2n) is 5.99. The Bertz CT molecular complexity index is 1070. The van der Waals surface area contributed by atoms with Crippen LogP contribution < -0.4 is 4.18 Å². The van der Waals surface area contributed by atoms with Crippen LogP contribution in [0.2, 0.25) is 0 Å². The average Bonchev–Trinajstić information content (AvgIpc) is 3.03. The van der Waals surface area contributed by atoms with Crippen LogP contribution in [-0.2, 0) is 21.5 Å². The molecule has 0 N–H and O–H groups in total. The zero-order chi connectivity index (χ0) is 18.9. The summed E-state index contributed by atoms with van der Waals surface area (Å²) in [5.74, 6) is 0.178. The smallest absolute Gasteiger partial charge is 0.368 e. The van der Waals surface area contributed by atoms with Gasteiger partial charge in [0, 0.05) is 44.2 Å². The van der Waals surface area contributed by atoms with Gasteiger partial charge in [-0.3, -0.25) is 9.78 Å². The minimum absolute atomic E-state index is 0.0123. The normalized spacial score (nSPS) is 11.8. The van der Waals surface area contributed by atoms with Crippen molar-refractivity contribution in [3.63, 3.8) is 0 Å². The number of carbonyl (C=O) groups excluding carboxylic acids is 1. The number of carbonyl (C=O) groups is 1. The molecule has 0 saturated heterocycles. The standard InChI is InChI=1S/C17H18N4O4S/c1-12(22)8-15-9-13(4-6-18-15)14-10-17(25-26(23,24)20(2)3)16-5-7-19-21(16)11-14/h4-7,9-11H,8H2,1-3H3. The third-order valence-corrected chi connectivity index (χ3v) is 4.98. The lowest BCUT2D eigenvalue weighted by atomic mass is 10.1. The van der Waals surface area contributed by atoms with Crippen LogP contribution in [0, 0.1) is 0 Å². The Morgan fingerprint density at radius 3 is 2.65 bits per heavy atom. The summed E-state index contributed by atoms with van der Waals surface area (Å²) in [6.07, 6.45) is 5.16. The molecule has 8 nitrogen and oxygen atoms in total. The number of aromatic nitrogens is 3. The molecule has 0 unspecified atom stereocenters. The van der Waals surface area contributed by atoms with Gasteiger partial charge < -0.3 is 4.18 Å². The first-order valence-electron chi connectivity index (χ1n) is 7.80. The van der Waals surface area contributed by atoms with Gasteiger partial charge in [0.15, 0.2) is 5.75 Å². The fourth-order valence-corrected chi connectivity index (χ4v) is 2.93. The molecular formula is C17H18N4O4S. The van der Waals surface area contributed by atoms with Crippen LogP contribution in [-0.4, -0.2) is 47.2 Å². The van der Waals surface area contributed by atoms with Crippen LogP contribution in [0.4, 0.5) is 0 Å². The van der Waals surface area contributed by atoms with Gasteiger partial charge in [0.25, 0.3) is 0 Å². The van der Waals surface area contributed by atoms with E-state index in [4.69, 9.17) is 4.18 Å². The summed E-state index contributed by atoms with van der Waals surface area (Å²) in [7, 11) is -1.12. The number of nitrogens with zero attached hydrogens (tertiary/aromatic N) is 4. The fourth-order valence-electron chi connectivity index (χ4n) is 2.42. The van der Waals surface area contributed by atoms with Gasteiger partial charge in [0.05, 0.1) is 6.20 Å². The van der Waals surface area contributed by atoms with Gasteiger partial charge in [-0.05, 0) is 36.8 Å². The largest absolute Gasteiger partial charge is 0.384 e. The lowest BCUT2D eigenvalue weighted by Gasteiger charge is -2.14. The quantitative estimate of drug-likeness (QED) is 0.652. The Morgan fingerprint density at radius 1 is 1.19 bits per heavy atom. The predicted octanol–water partition coefficient (Wildman–Crippen LogP) is 1.71. The molecule has 0 spiro atoms. The van der Waals surface area contributed by atoms with E-state index in [0.29, 0.717) is 16.8 Å². The lowest BCUT2D eigenvalue weighted by molar-refractivity contribution is -0.116. The topological polar surface area (TPSA) is 93.9 Å². The van der Waals surface area contributed by atoms with Crippen molar-refractivity contribution in [1.29, 1.82) is 0 Å².